The van der Waals surface area contributed by atoms with E-state index >= 15 is 0 Å². The van der Waals surface area contributed by atoms with Crippen molar-refractivity contribution in [1.29, 1.82) is 0 Å². The number of carbonyl (C=O) groups is 1. The lowest BCUT2D eigenvalue weighted by atomic mass is 10.1. The maximum Gasteiger partial charge on any atom is 0.277 e. The second kappa shape index (κ2) is 8.26. The molecular formula is C20H21N3O3S. The second-order valence-electron chi connectivity index (χ2n) is 6.14. The normalized spacial score (nSPS) is 11.9. The molecule has 6 nitrogen and oxygen atoms in total. The molecule has 140 valence electrons. The van der Waals surface area contributed by atoms with Gasteiger partial charge in [-0.1, -0.05) is 36.0 Å². The number of thioether (sulfide) groups is 1. The van der Waals surface area contributed by atoms with Crippen LogP contribution in [0.4, 0.5) is 5.69 Å². The van der Waals surface area contributed by atoms with Crippen LogP contribution in [-0.4, -0.2) is 28.5 Å². The number of aryl methyl sites for hydroxylation is 2. The quantitative estimate of drug-likeness (QED) is 0.632. The first-order chi connectivity index (χ1) is 13.0. The van der Waals surface area contributed by atoms with Gasteiger partial charge in [0.25, 0.3) is 5.22 Å². The van der Waals surface area contributed by atoms with E-state index in [1.54, 1.807) is 14.0 Å². The molecular weight excluding hydrogens is 362 g/mol. The lowest BCUT2D eigenvalue weighted by Gasteiger charge is -2.13. The summed E-state index contributed by atoms with van der Waals surface area (Å²) in [5.74, 6) is 0.897. The van der Waals surface area contributed by atoms with Gasteiger partial charge in [-0.25, -0.2) is 0 Å². The van der Waals surface area contributed by atoms with E-state index < -0.39 is 5.25 Å². The van der Waals surface area contributed by atoms with E-state index in [0.717, 1.165) is 16.7 Å². The van der Waals surface area contributed by atoms with Crippen LogP contribution in [0.1, 0.15) is 18.1 Å². The van der Waals surface area contributed by atoms with Crippen molar-refractivity contribution < 1.29 is 13.9 Å². The van der Waals surface area contributed by atoms with Crippen molar-refractivity contribution in [2.75, 3.05) is 12.4 Å². The molecule has 1 N–H and O–H groups in total. The molecule has 0 fully saturated rings. The third kappa shape index (κ3) is 4.49. The molecule has 2 aromatic carbocycles. The molecule has 1 aromatic heterocycles. The first-order valence-corrected chi connectivity index (χ1v) is 9.37. The highest BCUT2D eigenvalue weighted by Gasteiger charge is 2.20. The molecule has 0 aliphatic heterocycles. The first-order valence-electron chi connectivity index (χ1n) is 8.49. The van der Waals surface area contributed by atoms with Crippen molar-refractivity contribution in [3.8, 4) is 17.2 Å². The molecule has 0 aliphatic carbocycles. The molecule has 0 unspecified atom stereocenters. The predicted molar refractivity (Wildman–Crippen MR) is 106 cm³/mol. The summed E-state index contributed by atoms with van der Waals surface area (Å²) in [6.07, 6.45) is 0. The minimum absolute atomic E-state index is 0.167. The van der Waals surface area contributed by atoms with Gasteiger partial charge < -0.3 is 14.5 Å². The molecule has 0 bridgehead atoms. The number of nitrogens with one attached hydrogen (secondary N) is 1. The Morgan fingerprint density at radius 3 is 2.70 bits per heavy atom. The van der Waals surface area contributed by atoms with E-state index in [4.69, 9.17) is 9.15 Å². The van der Waals surface area contributed by atoms with E-state index in [0.29, 0.717) is 22.6 Å². The molecule has 0 aliphatic rings. The number of nitrogens with zero attached hydrogens (tertiary/aromatic N) is 2. The summed E-state index contributed by atoms with van der Waals surface area (Å²) in [7, 11) is 1.57. The van der Waals surface area contributed by atoms with Crippen molar-refractivity contribution >= 4 is 23.4 Å². The number of rotatable bonds is 6. The van der Waals surface area contributed by atoms with Gasteiger partial charge >= 0.3 is 0 Å². The third-order valence-corrected chi connectivity index (χ3v) is 4.98. The monoisotopic (exact) mass is 383 g/mol. The Balaban J connectivity index is 1.69. The molecule has 7 heteroatoms. The van der Waals surface area contributed by atoms with Crippen LogP contribution in [0.15, 0.2) is 52.1 Å². The molecule has 3 rings (SSSR count). The summed E-state index contributed by atoms with van der Waals surface area (Å²) >= 11 is 1.22. The Bertz CT molecular complexity index is 955. The van der Waals surface area contributed by atoms with Crippen LogP contribution in [0.5, 0.6) is 5.75 Å². The SMILES string of the molecule is COc1ccc(C)cc1NC(=O)[C@H](C)Sc1nnc(-c2ccccc2C)o1. The van der Waals surface area contributed by atoms with Gasteiger partial charge in [0.15, 0.2) is 0 Å². The third-order valence-electron chi connectivity index (χ3n) is 4.04. The fourth-order valence-electron chi connectivity index (χ4n) is 2.54. The largest absolute Gasteiger partial charge is 0.495 e. The average Bonchev–Trinajstić information content (AvgIpc) is 3.10. The Morgan fingerprint density at radius 1 is 1.19 bits per heavy atom. The van der Waals surface area contributed by atoms with Crippen LogP contribution >= 0.6 is 11.8 Å². The van der Waals surface area contributed by atoms with Gasteiger partial charge in [-0.15, -0.1) is 10.2 Å². The van der Waals surface area contributed by atoms with Crippen molar-refractivity contribution in [3.05, 3.63) is 53.6 Å². The summed E-state index contributed by atoms with van der Waals surface area (Å²) in [5.41, 5.74) is 3.61. The van der Waals surface area contributed by atoms with Crippen molar-refractivity contribution in [2.45, 2.75) is 31.2 Å². The summed E-state index contributed by atoms with van der Waals surface area (Å²) < 4.78 is 11.0. The topological polar surface area (TPSA) is 77.2 Å². The van der Waals surface area contributed by atoms with Crippen LogP contribution < -0.4 is 10.1 Å². The number of aromatic nitrogens is 2. The number of anilines is 1. The minimum atomic E-state index is -0.416. The molecule has 1 heterocycles. The molecule has 1 amide bonds. The summed E-state index contributed by atoms with van der Waals surface area (Å²) in [6, 6.07) is 13.4. The zero-order valence-electron chi connectivity index (χ0n) is 15.6. The van der Waals surface area contributed by atoms with Gasteiger partial charge in [0, 0.05) is 5.56 Å². The Hall–Kier alpha value is -2.80. The van der Waals surface area contributed by atoms with Gasteiger partial charge in [0.2, 0.25) is 11.8 Å². The first kappa shape index (κ1) is 19.0. The van der Waals surface area contributed by atoms with E-state index in [2.05, 4.69) is 15.5 Å². The molecule has 27 heavy (non-hydrogen) atoms. The predicted octanol–water partition coefficient (Wildman–Crippen LogP) is 4.48. The van der Waals surface area contributed by atoms with Gasteiger partial charge in [-0.05, 0) is 50.1 Å². The highest BCUT2D eigenvalue weighted by atomic mass is 32.2. The molecule has 0 spiro atoms. The Labute approximate surface area is 162 Å². The van der Waals surface area contributed by atoms with Crippen LogP contribution in [0.25, 0.3) is 11.5 Å². The zero-order chi connectivity index (χ0) is 19.4. The van der Waals surface area contributed by atoms with Gasteiger partial charge in [0.1, 0.15) is 5.75 Å². The van der Waals surface area contributed by atoms with Gasteiger partial charge in [0.05, 0.1) is 18.0 Å². The van der Waals surface area contributed by atoms with Crippen LogP contribution in [0.3, 0.4) is 0 Å². The lowest BCUT2D eigenvalue weighted by Crippen LogP contribution is -2.22. The summed E-state index contributed by atoms with van der Waals surface area (Å²) in [6.45, 7) is 5.73. The number of hydrogen-bond donors (Lipinski definition) is 1. The molecule has 1 atom stereocenters. The number of benzene rings is 2. The van der Waals surface area contributed by atoms with E-state index in [1.165, 1.54) is 11.8 Å². The minimum Gasteiger partial charge on any atom is -0.495 e. The lowest BCUT2D eigenvalue weighted by molar-refractivity contribution is -0.115. The van der Waals surface area contributed by atoms with Crippen molar-refractivity contribution in [1.82, 2.24) is 10.2 Å². The smallest absolute Gasteiger partial charge is 0.277 e. The standard InChI is InChI=1S/C20H21N3O3S/c1-12-9-10-17(25-4)16(11-12)21-18(24)14(3)27-20-23-22-19(26-20)15-8-6-5-7-13(15)2/h5-11,14H,1-4H3,(H,21,24)/t14-/m0/s1. The highest BCUT2D eigenvalue weighted by Crippen LogP contribution is 2.30. The van der Waals surface area contributed by atoms with E-state index in [1.807, 2.05) is 56.3 Å². The highest BCUT2D eigenvalue weighted by molar-refractivity contribution is 8.00. The molecule has 0 saturated carbocycles. The van der Waals surface area contributed by atoms with Crippen LogP contribution in [0.2, 0.25) is 0 Å². The van der Waals surface area contributed by atoms with Gasteiger partial charge in [-0.2, -0.15) is 0 Å². The fourth-order valence-corrected chi connectivity index (χ4v) is 3.22. The zero-order valence-corrected chi connectivity index (χ0v) is 16.5. The van der Waals surface area contributed by atoms with E-state index in [-0.39, 0.29) is 5.91 Å². The van der Waals surface area contributed by atoms with Crippen molar-refractivity contribution in [2.24, 2.45) is 0 Å². The number of ether oxygens (including phenoxy) is 1. The fraction of sp³-hybridized carbons (Fsp3) is 0.250. The maximum absolute atomic E-state index is 12.5. The van der Waals surface area contributed by atoms with Crippen LogP contribution in [-0.2, 0) is 4.79 Å². The number of amides is 1. The van der Waals surface area contributed by atoms with Crippen LogP contribution in [0, 0.1) is 13.8 Å². The molecule has 3 aromatic rings. The maximum atomic E-state index is 12.5. The Kier molecular flexibility index (Phi) is 5.81. The molecule has 0 radical (unpaired) electrons. The molecule has 0 saturated heterocycles. The second-order valence-corrected chi connectivity index (χ2v) is 7.43. The summed E-state index contributed by atoms with van der Waals surface area (Å²) in [5, 5.41) is 11.0. The Morgan fingerprint density at radius 2 is 1.96 bits per heavy atom. The number of hydrogen-bond acceptors (Lipinski definition) is 6. The van der Waals surface area contributed by atoms with Gasteiger partial charge in [-0.3, -0.25) is 4.79 Å². The number of carbonyl (C=O) groups excluding carboxylic acids is 1. The van der Waals surface area contributed by atoms with Crippen molar-refractivity contribution in [3.63, 3.8) is 0 Å². The summed E-state index contributed by atoms with van der Waals surface area (Å²) in [4.78, 5) is 12.5. The average molecular weight is 383 g/mol. The number of methoxy groups -OCH3 is 1. The van der Waals surface area contributed by atoms with E-state index in [9.17, 15) is 4.79 Å².